The monoisotopic (exact) mass is 380 g/mol. The van der Waals surface area contributed by atoms with Crippen LogP contribution in [-0.4, -0.2) is 25.4 Å². The molecule has 3 heterocycles. The van der Waals surface area contributed by atoms with Gasteiger partial charge in [0.05, 0.1) is 17.9 Å². The summed E-state index contributed by atoms with van der Waals surface area (Å²) in [6.45, 7) is 8.03. The predicted molar refractivity (Wildman–Crippen MR) is 105 cm³/mol. The minimum Gasteiger partial charge on any atom is -0.488 e. The second kappa shape index (κ2) is 8.10. The van der Waals surface area contributed by atoms with Gasteiger partial charge in [0.2, 0.25) is 5.13 Å². The van der Waals surface area contributed by atoms with Gasteiger partial charge in [-0.05, 0) is 37.5 Å². The summed E-state index contributed by atoms with van der Waals surface area (Å²) in [6, 6.07) is 7.73. The molecule has 27 heavy (non-hydrogen) atoms. The summed E-state index contributed by atoms with van der Waals surface area (Å²) in [5, 5.41) is 13.2. The second-order valence-corrected chi connectivity index (χ2v) is 7.24. The smallest absolute Gasteiger partial charge is 0.208 e. The van der Waals surface area contributed by atoms with Gasteiger partial charge in [-0.15, -0.1) is 0 Å². The topological polar surface area (TPSA) is 96.6 Å². The lowest BCUT2D eigenvalue weighted by molar-refractivity contribution is 0.241. The Bertz CT molecular complexity index is 976. The van der Waals surface area contributed by atoms with Crippen LogP contribution in [0.2, 0.25) is 0 Å². The molecule has 3 rings (SSSR count). The van der Waals surface area contributed by atoms with Crippen molar-refractivity contribution in [1.82, 2.24) is 19.3 Å². The Labute approximate surface area is 162 Å². The van der Waals surface area contributed by atoms with Crippen LogP contribution in [0, 0.1) is 11.3 Å². The Hall–Kier alpha value is -3.05. The van der Waals surface area contributed by atoms with E-state index >= 15 is 0 Å². The number of rotatable bonds is 6. The number of nitrogens with zero attached hydrogens (tertiary/aromatic N) is 5. The molecule has 0 bridgehead atoms. The molecule has 0 unspecified atom stereocenters. The average Bonchev–Trinajstić information content (AvgIpc) is 3.10. The lowest BCUT2D eigenvalue weighted by atomic mass is 10.0. The summed E-state index contributed by atoms with van der Waals surface area (Å²) >= 11 is 1.22. The number of anilines is 2. The molecule has 0 saturated carbocycles. The van der Waals surface area contributed by atoms with E-state index < -0.39 is 0 Å². The van der Waals surface area contributed by atoms with Crippen molar-refractivity contribution in [3.63, 3.8) is 0 Å². The molecule has 0 atom stereocenters. The Morgan fingerprint density at radius 3 is 2.74 bits per heavy atom. The van der Waals surface area contributed by atoms with Gasteiger partial charge in [-0.3, -0.25) is 0 Å². The van der Waals surface area contributed by atoms with Crippen LogP contribution < -0.4 is 10.1 Å². The molecule has 1 N–H and O–H groups in total. The number of nitrogens with one attached hydrogen (secondary N) is 1. The highest BCUT2D eigenvalue weighted by Gasteiger charge is 2.14. The van der Waals surface area contributed by atoms with Crippen molar-refractivity contribution in [2.75, 3.05) is 5.32 Å². The molecular formula is C19H20N6OS. The molecule has 0 amide bonds. The first kappa shape index (κ1) is 18.7. The number of hydrogen-bond donors (Lipinski definition) is 1. The van der Waals surface area contributed by atoms with E-state index in [1.165, 1.54) is 17.7 Å². The highest BCUT2D eigenvalue weighted by atomic mass is 32.1. The summed E-state index contributed by atoms with van der Waals surface area (Å²) in [6.07, 6.45) is 3.24. The van der Waals surface area contributed by atoms with Gasteiger partial charge in [-0.25, -0.2) is 9.97 Å². The molecule has 0 radical (unpaired) electrons. The Balaban J connectivity index is 1.85. The van der Waals surface area contributed by atoms with Gasteiger partial charge in [0.25, 0.3) is 0 Å². The lowest BCUT2D eigenvalue weighted by Crippen LogP contribution is -2.07. The van der Waals surface area contributed by atoms with E-state index in [0.717, 1.165) is 11.4 Å². The standard InChI is InChI=1S/C19H20N6OS/c1-11(2)14-6-5-7-21-17(14)23-19-24-18(25-27-19)15-8-13(9-20)16(10-22-15)26-12(3)4/h5-8,10-12H,1-4H3,(H,21,23,24,25). The normalized spacial score (nSPS) is 10.9. The molecule has 3 aromatic heterocycles. The highest BCUT2D eigenvalue weighted by Crippen LogP contribution is 2.28. The van der Waals surface area contributed by atoms with Crippen molar-refractivity contribution >= 4 is 22.5 Å². The third-order valence-electron chi connectivity index (χ3n) is 3.69. The van der Waals surface area contributed by atoms with Crippen LogP contribution in [0.1, 0.15) is 44.7 Å². The van der Waals surface area contributed by atoms with Gasteiger partial charge < -0.3 is 10.1 Å². The number of aromatic nitrogens is 4. The van der Waals surface area contributed by atoms with Gasteiger partial charge in [0.1, 0.15) is 17.6 Å². The molecule has 0 aliphatic rings. The number of pyridine rings is 2. The molecule has 0 saturated heterocycles. The summed E-state index contributed by atoms with van der Waals surface area (Å²) in [7, 11) is 0. The molecule has 7 nitrogen and oxygen atoms in total. The van der Waals surface area contributed by atoms with Crippen LogP contribution in [0.4, 0.5) is 10.9 Å². The Kier molecular flexibility index (Phi) is 5.62. The molecule has 0 fully saturated rings. The van der Waals surface area contributed by atoms with E-state index in [1.807, 2.05) is 26.0 Å². The lowest BCUT2D eigenvalue weighted by Gasteiger charge is -2.11. The summed E-state index contributed by atoms with van der Waals surface area (Å²) < 4.78 is 9.95. The van der Waals surface area contributed by atoms with Crippen LogP contribution in [0.25, 0.3) is 11.5 Å². The highest BCUT2D eigenvalue weighted by molar-refractivity contribution is 7.09. The van der Waals surface area contributed by atoms with Gasteiger partial charge in [0, 0.05) is 17.7 Å². The van der Waals surface area contributed by atoms with Crippen LogP contribution in [0.3, 0.4) is 0 Å². The third-order valence-corrected chi connectivity index (χ3v) is 4.32. The van der Waals surface area contributed by atoms with Crippen molar-refractivity contribution in [2.24, 2.45) is 0 Å². The van der Waals surface area contributed by atoms with Crippen LogP contribution in [0.15, 0.2) is 30.6 Å². The van der Waals surface area contributed by atoms with Crippen molar-refractivity contribution in [2.45, 2.75) is 39.7 Å². The van der Waals surface area contributed by atoms with Crippen LogP contribution >= 0.6 is 11.5 Å². The Morgan fingerprint density at radius 2 is 2.04 bits per heavy atom. The van der Waals surface area contributed by atoms with Gasteiger partial charge >= 0.3 is 0 Å². The maximum Gasteiger partial charge on any atom is 0.208 e. The summed E-state index contributed by atoms with van der Waals surface area (Å²) in [5.74, 6) is 2.01. The van der Waals surface area contributed by atoms with E-state index in [-0.39, 0.29) is 6.10 Å². The van der Waals surface area contributed by atoms with E-state index in [1.54, 1.807) is 12.3 Å². The summed E-state index contributed by atoms with van der Waals surface area (Å²) in [5.41, 5.74) is 2.04. The zero-order valence-electron chi connectivity index (χ0n) is 15.6. The molecular weight excluding hydrogens is 360 g/mol. The first-order valence-electron chi connectivity index (χ1n) is 8.60. The fraction of sp³-hybridized carbons (Fsp3) is 0.316. The molecule has 138 valence electrons. The molecule has 0 spiro atoms. The van der Waals surface area contributed by atoms with Gasteiger partial charge in [0.15, 0.2) is 11.6 Å². The van der Waals surface area contributed by atoms with Crippen molar-refractivity contribution in [3.8, 4) is 23.3 Å². The first-order chi connectivity index (χ1) is 13.0. The quantitative estimate of drug-likeness (QED) is 0.671. The van der Waals surface area contributed by atoms with Crippen LogP contribution in [-0.2, 0) is 0 Å². The number of ether oxygens (including phenoxy) is 1. The van der Waals surface area contributed by atoms with E-state index in [4.69, 9.17) is 4.74 Å². The van der Waals surface area contributed by atoms with Gasteiger partial charge in [-0.2, -0.15) is 14.6 Å². The molecule has 3 aromatic rings. The number of hydrogen-bond acceptors (Lipinski definition) is 8. The van der Waals surface area contributed by atoms with Crippen molar-refractivity contribution in [1.29, 1.82) is 5.26 Å². The largest absolute Gasteiger partial charge is 0.488 e. The number of nitriles is 1. The minimum absolute atomic E-state index is 0.0357. The predicted octanol–water partition coefficient (Wildman–Crippen LogP) is 4.52. The van der Waals surface area contributed by atoms with E-state index in [0.29, 0.717) is 33.9 Å². The molecule has 0 aliphatic heterocycles. The van der Waals surface area contributed by atoms with Crippen molar-refractivity contribution in [3.05, 3.63) is 41.7 Å². The zero-order chi connectivity index (χ0) is 19.4. The molecule has 0 aromatic carbocycles. The molecule has 0 aliphatic carbocycles. The van der Waals surface area contributed by atoms with E-state index in [9.17, 15) is 5.26 Å². The maximum absolute atomic E-state index is 9.37. The molecule has 8 heteroatoms. The second-order valence-electron chi connectivity index (χ2n) is 6.49. The van der Waals surface area contributed by atoms with E-state index in [2.05, 4.69) is 44.6 Å². The minimum atomic E-state index is -0.0357. The van der Waals surface area contributed by atoms with Gasteiger partial charge in [-0.1, -0.05) is 19.9 Å². The summed E-state index contributed by atoms with van der Waals surface area (Å²) in [4.78, 5) is 13.2. The van der Waals surface area contributed by atoms with Crippen molar-refractivity contribution < 1.29 is 4.74 Å². The maximum atomic E-state index is 9.37. The Morgan fingerprint density at radius 1 is 1.22 bits per heavy atom. The third kappa shape index (κ3) is 4.38. The first-order valence-corrected chi connectivity index (χ1v) is 9.38. The SMILES string of the molecule is CC(C)Oc1cnc(-c2nsc(Nc3ncccc3C(C)C)n2)cc1C#N. The van der Waals surface area contributed by atoms with Crippen LogP contribution in [0.5, 0.6) is 5.75 Å². The fourth-order valence-electron chi connectivity index (χ4n) is 2.47. The zero-order valence-corrected chi connectivity index (χ0v) is 16.4. The average molecular weight is 380 g/mol. The fourth-order valence-corrected chi connectivity index (χ4v) is 3.04.